The zero-order valence-electron chi connectivity index (χ0n) is 7.83. The molecule has 0 aliphatic rings. The minimum Gasteiger partial charge on any atom is -0.496 e. The maximum Gasteiger partial charge on any atom is 0.191 e. The van der Waals surface area contributed by atoms with Crippen LogP contribution in [0.25, 0.3) is 0 Å². The van der Waals surface area contributed by atoms with Gasteiger partial charge in [-0.25, -0.2) is 0 Å². The summed E-state index contributed by atoms with van der Waals surface area (Å²) in [6.07, 6.45) is 0. The SMILES string of the molecule is C=C(C)C(=O)c1ccccc1OC. The molecule has 0 unspecified atom stereocenters. The van der Waals surface area contributed by atoms with E-state index < -0.39 is 0 Å². The van der Waals surface area contributed by atoms with Gasteiger partial charge in [0.25, 0.3) is 0 Å². The van der Waals surface area contributed by atoms with Crippen LogP contribution in [-0.4, -0.2) is 12.9 Å². The Morgan fingerprint density at radius 3 is 2.54 bits per heavy atom. The van der Waals surface area contributed by atoms with Crippen molar-refractivity contribution in [2.75, 3.05) is 7.11 Å². The van der Waals surface area contributed by atoms with Gasteiger partial charge in [0.1, 0.15) is 5.75 Å². The van der Waals surface area contributed by atoms with Gasteiger partial charge in [-0.05, 0) is 24.6 Å². The average molecular weight is 176 g/mol. The molecule has 68 valence electrons. The number of methoxy groups -OCH3 is 1. The Morgan fingerprint density at radius 2 is 2.00 bits per heavy atom. The number of carbonyl (C=O) groups excluding carboxylic acids is 1. The normalized spacial score (nSPS) is 9.38. The number of rotatable bonds is 3. The fourth-order valence-electron chi connectivity index (χ4n) is 1.06. The van der Waals surface area contributed by atoms with Crippen molar-refractivity contribution in [1.29, 1.82) is 0 Å². The number of ether oxygens (including phenoxy) is 1. The standard InChI is InChI=1S/C11H12O2/c1-8(2)11(12)9-6-4-5-7-10(9)13-3/h4-7H,1H2,2-3H3. The van der Waals surface area contributed by atoms with E-state index in [1.165, 1.54) is 0 Å². The van der Waals surface area contributed by atoms with Crippen molar-refractivity contribution in [2.45, 2.75) is 6.92 Å². The second kappa shape index (κ2) is 3.90. The van der Waals surface area contributed by atoms with Crippen molar-refractivity contribution in [3.05, 3.63) is 42.0 Å². The van der Waals surface area contributed by atoms with Gasteiger partial charge in [0, 0.05) is 0 Å². The Balaban J connectivity index is 3.13. The molecule has 0 saturated heterocycles. The molecule has 2 heteroatoms. The van der Waals surface area contributed by atoms with Crippen LogP contribution < -0.4 is 4.74 Å². The zero-order valence-corrected chi connectivity index (χ0v) is 7.83. The predicted molar refractivity (Wildman–Crippen MR) is 52.1 cm³/mol. The third kappa shape index (κ3) is 1.96. The highest BCUT2D eigenvalue weighted by Gasteiger charge is 2.10. The maximum absolute atomic E-state index is 11.5. The van der Waals surface area contributed by atoms with Crippen molar-refractivity contribution in [2.24, 2.45) is 0 Å². The molecule has 1 aromatic rings. The zero-order chi connectivity index (χ0) is 9.84. The van der Waals surface area contributed by atoms with E-state index in [4.69, 9.17) is 4.74 Å². The molecule has 0 amide bonds. The molecule has 0 bridgehead atoms. The quantitative estimate of drug-likeness (QED) is 0.522. The molecular weight excluding hydrogens is 164 g/mol. The number of hydrogen-bond acceptors (Lipinski definition) is 2. The predicted octanol–water partition coefficient (Wildman–Crippen LogP) is 2.45. The first-order chi connectivity index (χ1) is 6.16. The molecule has 2 nitrogen and oxygen atoms in total. The fraction of sp³-hybridized carbons (Fsp3) is 0.182. The third-order valence-electron chi connectivity index (χ3n) is 1.74. The summed E-state index contributed by atoms with van der Waals surface area (Å²) in [4.78, 5) is 11.5. The Kier molecular flexibility index (Phi) is 2.85. The maximum atomic E-state index is 11.5. The van der Waals surface area contributed by atoms with E-state index in [1.807, 2.05) is 6.07 Å². The molecule has 0 radical (unpaired) electrons. The third-order valence-corrected chi connectivity index (χ3v) is 1.74. The van der Waals surface area contributed by atoms with E-state index in [0.29, 0.717) is 16.9 Å². The van der Waals surface area contributed by atoms with Crippen LogP contribution in [0.1, 0.15) is 17.3 Å². The van der Waals surface area contributed by atoms with Gasteiger partial charge >= 0.3 is 0 Å². The van der Waals surface area contributed by atoms with Gasteiger partial charge in [-0.2, -0.15) is 0 Å². The van der Waals surface area contributed by atoms with Gasteiger partial charge in [0.05, 0.1) is 12.7 Å². The molecule has 1 rings (SSSR count). The molecule has 1 aromatic carbocycles. The van der Waals surface area contributed by atoms with Crippen molar-refractivity contribution < 1.29 is 9.53 Å². The summed E-state index contributed by atoms with van der Waals surface area (Å²) in [5.74, 6) is 0.521. The lowest BCUT2D eigenvalue weighted by Crippen LogP contribution is -2.02. The Labute approximate surface area is 77.8 Å². The number of para-hydroxylation sites is 1. The second-order valence-corrected chi connectivity index (χ2v) is 2.81. The number of carbonyl (C=O) groups is 1. The van der Waals surface area contributed by atoms with E-state index in [0.717, 1.165) is 0 Å². The van der Waals surface area contributed by atoms with Crippen LogP contribution in [0.15, 0.2) is 36.4 Å². The summed E-state index contributed by atoms with van der Waals surface area (Å²) >= 11 is 0. The topological polar surface area (TPSA) is 26.3 Å². The first-order valence-corrected chi connectivity index (χ1v) is 4.00. The molecule has 13 heavy (non-hydrogen) atoms. The lowest BCUT2D eigenvalue weighted by atomic mass is 10.1. The Bertz CT molecular complexity index is 340. The van der Waals surface area contributed by atoms with Crippen LogP contribution in [0, 0.1) is 0 Å². The van der Waals surface area contributed by atoms with E-state index in [-0.39, 0.29) is 5.78 Å². The number of allylic oxidation sites excluding steroid dienone is 1. The van der Waals surface area contributed by atoms with E-state index in [1.54, 1.807) is 32.2 Å². The molecule has 0 spiro atoms. The van der Waals surface area contributed by atoms with Gasteiger partial charge in [0.15, 0.2) is 5.78 Å². The van der Waals surface area contributed by atoms with E-state index in [9.17, 15) is 4.79 Å². The number of hydrogen-bond donors (Lipinski definition) is 0. The molecule has 0 atom stereocenters. The first kappa shape index (κ1) is 9.52. The monoisotopic (exact) mass is 176 g/mol. The molecule has 0 aliphatic heterocycles. The van der Waals surface area contributed by atoms with Crippen molar-refractivity contribution in [3.8, 4) is 5.75 Å². The van der Waals surface area contributed by atoms with Crippen molar-refractivity contribution >= 4 is 5.78 Å². The van der Waals surface area contributed by atoms with Gasteiger partial charge < -0.3 is 4.74 Å². The molecule has 0 fully saturated rings. The summed E-state index contributed by atoms with van der Waals surface area (Å²) in [7, 11) is 1.55. The smallest absolute Gasteiger partial charge is 0.191 e. The number of Topliss-reactive ketones (excluding diaryl/α,β-unsaturated/α-hetero) is 1. The minimum atomic E-state index is -0.0718. The highest BCUT2D eigenvalue weighted by atomic mass is 16.5. The lowest BCUT2D eigenvalue weighted by Gasteiger charge is -2.05. The van der Waals surface area contributed by atoms with Gasteiger partial charge in [0.2, 0.25) is 0 Å². The molecule has 0 saturated carbocycles. The van der Waals surface area contributed by atoms with Crippen LogP contribution in [0.5, 0.6) is 5.75 Å². The lowest BCUT2D eigenvalue weighted by molar-refractivity contribution is 0.103. The highest BCUT2D eigenvalue weighted by Crippen LogP contribution is 2.19. The molecular formula is C11H12O2. The van der Waals surface area contributed by atoms with Crippen LogP contribution >= 0.6 is 0 Å². The van der Waals surface area contributed by atoms with Crippen molar-refractivity contribution in [1.82, 2.24) is 0 Å². The minimum absolute atomic E-state index is 0.0718. The van der Waals surface area contributed by atoms with Crippen LogP contribution in [-0.2, 0) is 0 Å². The van der Waals surface area contributed by atoms with Crippen LogP contribution in [0.3, 0.4) is 0 Å². The summed E-state index contributed by atoms with van der Waals surface area (Å²) in [5.41, 5.74) is 1.09. The van der Waals surface area contributed by atoms with E-state index in [2.05, 4.69) is 6.58 Å². The highest BCUT2D eigenvalue weighted by molar-refractivity contribution is 6.09. The van der Waals surface area contributed by atoms with Crippen molar-refractivity contribution in [3.63, 3.8) is 0 Å². The molecule has 0 aromatic heterocycles. The van der Waals surface area contributed by atoms with E-state index >= 15 is 0 Å². The molecule has 0 aliphatic carbocycles. The van der Waals surface area contributed by atoms with Gasteiger partial charge in [-0.15, -0.1) is 0 Å². The average Bonchev–Trinajstić information content (AvgIpc) is 2.16. The Hall–Kier alpha value is -1.57. The van der Waals surface area contributed by atoms with Gasteiger partial charge in [-0.3, -0.25) is 4.79 Å². The number of benzene rings is 1. The Morgan fingerprint density at radius 1 is 1.38 bits per heavy atom. The number of ketones is 1. The molecule has 0 N–H and O–H groups in total. The van der Waals surface area contributed by atoms with Crippen LogP contribution in [0.4, 0.5) is 0 Å². The summed E-state index contributed by atoms with van der Waals surface area (Å²) in [6, 6.07) is 7.12. The summed E-state index contributed by atoms with van der Waals surface area (Å²) in [6.45, 7) is 5.29. The van der Waals surface area contributed by atoms with Gasteiger partial charge in [-0.1, -0.05) is 18.7 Å². The summed E-state index contributed by atoms with van der Waals surface area (Å²) in [5, 5.41) is 0. The fourth-order valence-corrected chi connectivity index (χ4v) is 1.06. The molecule has 0 heterocycles. The second-order valence-electron chi connectivity index (χ2n) is 2.81. The first-order valence-electron chi connectivity index (χ1n) is 4.00. The summed E-state index contributed by atoms with van der Waals surface area (Å²) < 4.78 is 5.05. The van der Waals surface area contributed by atoms with Crippen LogP contribution in [0.2, 0.25) is 0 Å². The largest absolute Gasteiger partial charge is 0.496 e.